The fourth-order valence-corrected chi connectivity index (χ4v) is 2.82. The molecule has 0 fully saturated rings. The highest BCUT2D eigenvalue weighted by Crippen LogP contribution is 2.28. The van der Waals surface area contributed by atoms with Gasteiger partial charge >= 0.3 is 0 Å². The van der Waals surface area contributed by atoms with Crippen LogP contribution in [0, 0.1) is 24.4 Å². The van der Waals surface area contributed by atoms with Crippen LogP contribution in [0.5, 0.6) is 5.75 Å². The molecule has 21 heavy (non-hydrogen) atoms. The Morgan fingerprint density at radius 1 is 1.10 bits per heavy atom. The predicted molar refractivity (Wildman–Crippen MR) is 74.1 cm³/mol. The van der Waals surface area contributed by atoms with Gasteiger partial charge in [-0.25, -0.2) is 17.4 Å². The van der Waals surface area contributed by atoms with Crippen molar-refractivity contribution in [1.82, 2.24) is 0 Å². The van der Waals surface area contributed by atoms with Crippen LogP contribution < -0.4 is 9.46 Å². The third-order valence-corrected chi connectivity index (χ3v) is 3.83. The normalized spacial score (nSPS) is 12.0. The van der Waals surface area contributed by atoms with Gasteiger partial charge in [0.25, 0.3) is 0 Å². The number of nitrogens with one attached hydrogen (secondary N) is 1. The number of halogens is 3. The van der Waals surface area contributed by atoms with Gasteiger partial charge in [-0.2, -0.15) is 0 Å². The largest absolute Gasteiger partial charge is 0.492 e. The molecular weight excluding hydrogens is 303 g/mol. The van der Waals surface area contributed by atoms with Gasteiger partial charge in [-0.3, -0.25) is 4.72 Å². The number of hydrogen-bond acceptors (Lipinski definition) is 2. The molecule has 0 saturated carbocycles. The summed E-state index contributed by atoms with van der Waals surface area (Å²) >= 11 is 0. The number of para-hydroxylation sites is 1. The number of rotatable bonds is 4. The van der Waals surface area contributed by atoms with Crippen molar-refractivity contribution in [1.29, 1.82) is 0 Å². The number of hydrogen-bond donors (Lipinski definition) is 1. The molecule has 1 unspecified atom stereocenters. The lowest BCUT2D eigenvalue weighted by Gasteiger charge is -2.12. The first-order valence-corrected chi connectivity index (χ1v) is 7.05. The molecule has 3 nitrogen and oxygen atoms in total. The summed E-state index contributed by atoms with van der Waals surface area (Å²) in [6.07, 6.45) is 0. The molecule has 1 atom stereocenters. The van der Waals surface area contributed by atoms with Gasteiger partial charge in [0.1, 0.15) is 10.6 Å². The topological polar surface area (TPSA) is 38.3 Å². The van der Waals surface area contributed by atoms with E-state index in [2.05, 4.69) is 4.72 Å². The summed E-state index contributed by atoms with van der Waals surface area (Å²) in [5.41, 5.74) is -0.144. The lowest BCUT2D eigenvalue weighted by atomic mass is 10.2. The Morgan fingerprint density at radius 3 is 2.29 bits per heavy atom. The smallest absolute Gasteiger partial charge is 0.172 e. The molecule has 0 heterocycles. The van der Waals surface area contributed by atoms with Gasteiger partial charge < -0.3 is 4.74 Å². The van der Waals surface area contributed by atoms with Crippen molar-refractivity contribution >= 4 is 16.7 Å². The highest BCUT2D eigenvalue weighted by atomic mass is 32.2. The summed E-state index contributed by atoms with van der Waals surface area (Å²) in [7, 11) is -0.864. The first-order chi connectivity index (χ1) is 9.93. The highest BCUT2D eigenvalue weighted by Gasteiger charge is 2.18. The summed E-state index contributed by atoms with van der Waals surface area (Å²) in [5, 5.41) is 0. The molecule has 2 aromatic carbocycles. The number of ether oxygens (including phenoxy) is 1. The van der Waals surface area contributed by atoms with Crippen LogP contribution in [-0.4, -0.2) is 11.3 Å². The average Bonchev–Trinajstić information content (AvgIpc) is 2.42. The van der Waals surface area contributed by atoms with E-state index in [1.54, 1.807) is 0 Å². The van der Waals surface area contributed by atoms with Crippen LogP contribution in [0.15, 0.2) is 35.2 Å². The van der Waals surface area contributed by atoms with Gasteiger partial charge in [-0.1, -0.05) is 6.07 Å². The second kappa shape index (κ2) is 6.17. The second-order valence-electron chi connectivity index (χ2n) is 4.25. The minimum absolute atomic E-state index is 0.0446. The van der Waals surface area contributed by atoms with E-state index in [9.17, 15) is 17.4 Å². The molecule has 0 radical (unpaired) electrons. The molecule has 112 valence electrons. The van der Waals surface area contributed by atoms with Gasteiger partial charge in [0.15, 0.2) is 34.2 Å². The zero-order valence-electron chi connectivity index (χ0n) is 11.2. The Kier molecular flexibility index (Phi) is 4.52. The molecule has 0 aromatic heterocycles. The molecule has 0 aliphatic heterocycles. The quantitative estimate of drug-likeness (QED) is 0.937. The molecule has 0 aliphatic rings. The summed E-state index contributed by atoms with van der Waals surface area (Å²) in [5.74, 6) is -2.71. The monoisotopic (exact) mass is 315 g/mol. The van der Waals surface area contributed by atoms with Crippen LogP contribution in [0.1, 0.15) is 5.56 Å². The molecule has 2 rings (SSSR count). The first kappa shape index (κ1) is 15.4. The maximum Gasteiger partial charge on any atom is 0.172 e. The zero-order chi connectivity index (χ0) is 15.6. The zero-order valence-corrected chi connectivity index (χ0v) is 12.1. The van der Waals surface area contributed by atoms with Gasteiger partial charge in [0.05, 0.1) is 7.11 Å². The minimum Gasteiger partial charge on any atom is -0.492 e. The van der Waals surface area contributed by atoms with Gasteiger partial charge in [-0.15, -0.1) is 0 Å². The standard InChI is InChI=1S/C14H12F3NO2S/c1-8-6-10(16)13(11(17)7-8)18-21(19)12-5-3-4-9(15)14(12)20-2/h3-7,18H,1-2H3. The van der Waals surface area contributed by atoms with Crippen LogP contribution in [0.4, 0.5) is 18.9 Å². The maximum absolute atomic E-state index is 13.7. The molecule has 0 saturated heterocycles. The molecular formula is C14H12F3NO2S. The molecule has 0 spiro atoms. The Morgan fingerprint density at radius 2 is 1.71 bits per heavy atom. The summed E-state index contributed by atoms with van der Waals surface area (Å²) in [6, 6.07) is 6.01. The molecule has 0 bridgehead atoms. The van der Waals surface area contributed by atoms with Crippen molar-refractivity contribution in [2.24, 2.45) is 0 Å². The molecule has 1 N–H and O–H groups in total. The van der Waals surface area contributed by atoms with Crippen LogP contribution >= 0.6 is 0 Å². The van der Waals surface area contributed by atoms with Gasteiger partial charge in [0.2, 0.25) is 0 Å². The van der Waals surface area contributed by atoms with E-state index in [0.717, 1.165) is 18.2 Å². The van der Waals surface area contributed by atoms with Crippen molar-refractivity contribution in [3.05, 3.63) is 53.3 Å². The Hall–Kier alpha value is -2.02. The summed E-state index contributed by atoms with van der Waals surface area (Å²) in [4.78, 5) is -0.0446. The van der Waals surface area contributed by atoms with Crippen LogP contribution in [-0.2, 0) is 11.0 Å². The second-order valence-corrected chi connectivity index (χ2v) is 5.43. The third-order valence-electron chi connectivity index (χ3n) is 2.72. The Bertz CT molecular complexity index is 684. The average molecular weight is 315 g/mol. The van der Waals surface area contributed by atoms with E-state index in [-0.39, 0.29) is 10.6 Å². The third kappa shape index (κ3) is 3.18. The summed E-state index contributed by atoms with van der Waals surface area (Å²) in [6.45, 7) is 1.53. The molecule has 7 heteroatoms. The van der Waals surface area contributed by atoms with E-state index in [4.69, 9.17) is 4.74 Å². The highest BCUT2D eigenvalue weighted by molar-refractivity contribution is 7.86. The van der Waals surface area contributed by atoms with Crippen LogP contribution in [0.25, 0.3) is 0 Å². The van der Waals surface area contributed by atoms with E-state index < -0.39 is 34.1 Å². The number of benzene rings is 2. The lowest BCUT2D eigenvalue weighted by molar-refractivity contribution is 0.375. The van der Waals surface area contributed by atoms with Crippen LogP contribution in [0.3, 0.4) is 0 Å². The molecule has 0 amide bonds. The van der Waals surface area contributed by atoms with E-state index in [1.165, 1.54) is 26.2 Å². The van der Waals surface area contributed by atoms with Crippen molar-refractivity contribution in [2.45, 2.75) is 11.8 Å². The minimum atomic E-state index is -2.08. The van der Waals surface area contributed by atoms with Gasteiger partial charge in [-0.05, 0) is 36.8 Å². The van der Waals surface area contributed by atoms with E-state index in [0.29, 0.717) is 5.56 Å². The van der Waals surface area contributed by atoms with E-state index >= 15 is 0 Å². The number of aryl methyl sites for hydroxylation is 1. The predicted octanol–water partition coefficient (Wildman–Crippen LogP) is 3.56. The molecule has 0 aliphatic carbocycles. The summed E-state index contributed by atoms with van der Waals surface area (Å²) < 4.78 is 60.1. The Balaban J connectivity index is 2.38. The number of anilines is 1. The Labute approximate surface area is 122 Å². The van der Waals surface area contributed by atoms with Crippen LogP contribution in [0.2, 0.25) is 0 Å². The van der Waals surface area contributed by atoms with Crippen molar-refractivity contribution in [3.8, 4) is 5.75 Å². The lowest BCUT2D eigenvalue weighted by Crippen LogP contribution is -2.10. The van der Waals surface area contributed by atoms with Gasteiger partial charge in [0, 0.05) is 0 Å². The van der Waals surface area contributed by atoms with Crippen molar-refractivity contribution in [3.63, 3.8) is 0 Å². The number of methoxy groups -OCH3 is 1. The fraction of sp³-hybridized carbons (Fsp3) is 0.143. The first-order valence-electron chi connectivity index (χ1n) is 5.90. The maximum atomic E-state index is 13.7. The fourth-order valence-electron chi connectivity index (χ4n) is 1.78. The SMILES string of the molecule is COc1c(F)cccc1S(=O)Nc1c(F)cc(C)cc1F. The van der Waals surface area contributed by atoms with Crippen molar-refractivity contribution in [2.75, 3.05) is 11.8 Å². The van der Waals surface area contributed by atoms with E-state index in [1.807, 2.05) is 0 Å². The molecule has 2 aromatic rings. The van der Waals surface area contributed by atoms with Crippen molar-refractivity contribution < 1.29 is 22.1 Å².